The summed E-state index contributed by atoms with van der Waals surface area (Å²) in [7, 11) is 0. The van der Waals surface area contributed by atoms with E-state index in [0.717, 1.165) is 46.5 Å². The fourth-order valence-electron chi connectivity index (χ4n) is 4.92. The van der Waals surface area contributed by atoms with Crippen LogP contribution in [-0.2, 0) is 16.8 Å². The number of hydrogen-bond donors (Lipinski definition) is 2. The number of nitrogens with one attached hydrogen (secondary N) is 1. The van der Waals surface area contributed by atoms with Crippen molar-refractivity contribution < 1.29 is 19.4 Å². The van der Waals surface area contributed by atoms with Gasteiger partial charge in [0.15, 0.2) is 11.5 Å². The lowest BCUT2D eigenvalue weighted by molar-refractivity contribution is -0.148. The van der Waals surface area contributed by atoms with Gasteiger partial charge < -0.3 is 19.9 Å². The van der Waals surface area contributed by atoms with Crippen molar-refractivity contribution in [3.8, 4) is 11.5 Å². The third kappa shape index (κ3) is 3.53. The summed E-state index contributed by atoms with van der Waals surface area (Å²) in [5.41, 5.74) is 0.0861. The van der Waals surface area contributed by atoms with Crippen LogP contribution in [0.5, 0.6) is 11.5 Å². The highest BCUT2D eigenvalue weighted by molar-refractivity contribution is 7.16. The maximum absolute atomic E-state index is 12.6. The van der Waals surface area contributed by atoms with Crippen molar-refractivity contribution in [2.75, 3.05) is 6.79 Å². The van der Waals surface area contributed by atoms with Crippen LogP contribution in [0.3, 0.4) is 0 Å². The SMILES string of the molecule is CCC1CC(NCc2ccc3c(c2)OCO3)CCC1(C(=O)O)c1ncc2ccsc2n1. The molecule has 0 spiro atoms. The molecule has 162 valence electrons. The largest absolute Gasteiger partial charge is 0.480 e. The first-order valence-corrected chi connectivity index (χ1v) is 11.5. The highest BCUT2D eigenvalue weighted by atomic mass is 32.1. The zero-order valence-electron chi connectivity index (χ0n) is 17.3. The number of thiophene rings is 1. The van der Waals surface area contributed by atoms with E-state index in [-0.39, 0.29) is 18.8 Å². The number of ether oxygens (including phenoxy) is 2. The molecule has 3 atom stereocenters. The first kappa shape index (κ1) is 20.2. The molecule has 2 aromatic heterocycles. The van der Waals surface area contributed by atoms with Crippen LogP contribution in [0.2, 0.25) is 0 Å². The van der Waals surface area contributed by atoms with E-state index >= 15 is 0 Å². The van der Waals surface area contributed by atoms with Gasteiger partial charge in [0, 0.05) is 24.2 Å². The summed E-state index contributed by atoms with van der Waals surface area (Å²) in [6.45, 7) is 3.03. The minimum absolute atomic E-state index is 0.0367. The second-order valence-electron chi connectivity index (χ2n) is 8.30. The van der Waals surface area contributed by atoms with Crippen molar-refractivity contribution in [3.05, 3.63) is 47.2 Å². The van der Waals surface area contributed by atoms with E-state index < -0.39 is 11.4 Å². The van der Waals surface area contributed by atoms with E-state index in [4.69, 9.17) is 9.47 Å². The van der Waals surface area contributed by atoms with Gasteiger partial charge in [-0.25, -0.2) is 9.97 Å². The molecule has 0 saturated heterocycles. The predicted octanol–water partition coefficient (Wildman–Crippen LogP) is 4.11. The van der Waals surface area contributed by atoms with E-state index in [1.807, 2.05) is 29.6 Å². The summed E-state index contributed by atoms with van der Waals surface area (Å²) < 4.78 is 10.8. The number of carboxylic acids is 1. The van der Waals surface area contributed by atoms with Gasteiger partial charge in [0.2, 0.25) is 6.79 Å². The molecule has 2 N–H and O–H groups in total. The topological polar surface area (TPSA) is 93.6 Å². The fourth-order valence-corrected chi connectivity index (χ4v) is 5.66. The minimum atomic E-state index is -1.04. The van der Waals surface area contributed by atoms with Gasteiger partial charge in [-0.15, -0.1) is 11.3 Å². The molecular formula is C23H25N3O4S. The molecule has 0 bridgehead atoms. The molecule has 31 heavy (non-hydrogen) atoms. The zero-order valence-corrected chi connectivity index (χ0v) is 18.2. The first-order chi connectivity index (χ1) is 15.1. The zero-order chi connectivity index (χ0) is 21.4. The van der Waals surface area contributed by atoms with E-state index in [0.29, 0.717) is 18.8 Å². The molecule has 0 radical (unpaired) electrons. The Bertz CT molecular complexity index is 1120. The van der Waals surface area contributed by atoms with Gasteiger partial charge in [0.25, 0.3) is 0 Å². The van der Waals surface area contributed by atoms with Crippen molar-refractivity contribution in [1.29, 1.82) is 0 Å². The van der Waals surface area contributed by atoms with Crippen molar-refractivity contribution in [2.45, 2.75) is 50.6 Å². The Morgan fingerprint density at radius 2 is 2.19 bits per heavy atom. The lowest BCUT2D eigenvalue weighted by Crippen LogP contribution is -2.51. The Balaban J connectivity index is 1.34. The van der Waals surface area contributed by atoms with Crippen molar-refractivity contribution in [1.82, 2.24) is 15.3 Å². The number of fused-ring (bicyclic) bond motifs is 2. The molecule has 3 unspecified atom stereocenters. The molecule has 1 aliphatic carbocycles. The fraction of sp³-hybridized carbons (Fsp3) is 0.435. The van der Waals surface area contributed by atoms with E-state index in [1.165, 1.54) is 11.3 Å². The highest BCUT2D eigenvalue weighted by Crippen LogP contribution is 2.45. The Hall–Kier alpha value is -2.71. The summed E-state index contributed by atoms with van der Waals surface area (Å²) in [5, 5.41) is 16.9. The van der Waals surface area contributed by atoms with Crippen LogP contribution in [0.4, 0.5) is 0 Å². The van der Waals surface area contributed by atoms with Crippen LogP contribution in [0.25, 0.3) is 10.2 Å². The lowest BCUT2D eigenvalue weighted by Gasteiger charge is -2.42. The Labute approximate surface area is 184 Å². The molecule has 1 saturated carbocycles. The average molecular weight is 440 g/mol. The Kier molecular flexibility index (Phi) is 5.27. The number of carbonyl (C=O) groups is 1. The number of aromatic nitrogens is 2. The van der Waals surface area contributed by atoms with E-state index in [2.05, 4.69) is 22.2 Å². The predicted molar refractivity (Wildman–Crippen MR) is 118 cm³/mol. The molecule has 7 nitrogen and oxygen atoms in total. The smallest absolute Gasteiger partial charge is 0.317 e. The van der Waals surface area contributed by atoms with Gasteiger partial charge in [-0.1, -0.05) is 19.4 Å². The van der Waals surface area contributed by atoms with Crippen LogP contribution >= 0.6 is 11.3 Å². The summed E-state index contributed by atoms with van der Waals surface area (Å²) in [4.78, 5) is 22.6. The second-order valence-corrected chi connectivity index (χ2v) is 9.19. The van der Waals surface area contributed by atoms with Crippen molar-refractivity contribution in [3.63, 3.8) is 0 Å². The number of rotatable bonds is 6. The van der Waals surface area contributed by atoms with Gasteiger partial charge in [-0.3, -0.25) is 4.79 Å². The molecule has 3 aromatic rings. The summed E-state index contributed by atoms with van der Waals surface area (Å²) in [5.74, 6) is 1.16. The molecule has 1 fully saturated rings. The minimum Gasteiger partial charge on any atom is -0.480 e. The maximum atomic E-state index is 12.6. The highest BCUT2D eigenvalue weighted by Gasteiger charge is 2.52. The third-order valence-corrected chi connectivity index (χ3v) is 7.49. The van der Waals surface area contributed by atoms with Gasteiger partial charge in [0.05, 0.1) is 0 Å². The summed E-state index contributed by atoms with van der Waals surface area (Å²) >= 11 is 1.52. The summed E-state index contributed by atoms with van der Waals surface area (Å²) in [6, 6.07) is 8.18. The molecule has 3 heterocycles. The monoisotopic (exact) mass is 439 g/mol. The van der Waals surface area contributed by atoms with Crippen LogP contribution in [0, 0.1) is 5.92 Å². The van der Waals surface area contributed by atoms with Crippen LogP contribution < -0.4 is 14.8 Å². The van der Waals surface area contributed by atoms with Gasteiger partial charge in [0.1, 0.15) is 16.1 Å². The maximum Gasteiger partial charge on any atom is 0.317 e. The van der Waals surface area contributed by atoms with Crippen LogP contribution in [0.15, 0.2) is 35.8 Å². The van der Waals surface area contributed by atoms with Crippen LogP contribution in [0.1, 0.15) is 44.0 Å². The molecule has 0 amide bonds. The Morgan fingerprint density at radius 3 is 3.03 bits per heavy atom. The van der Waals surface area contributed by atoms with Crippen molar-refractivity contribution >= 4 is 27.5 Å². The lowest BCUT2D eigenvalue weighted by atomic mass is 9.63. The summed E-state index contributed by atoms with van der Waals surface area (Å²) in [6.07, 6.45) is 4.59. The second kappa shape index (κ2) is 8.09. The number of hydrogen-bond acceptors (Lipinski definition) is 7. The first-order valence-electron chi connectivity index (χ1n) is 10.7. The number of aliphatic carboxylic acids is 1. The van der Waals surface area contributed by atoms with E-state index in [1.54, 1.807) is 6.20 Å². The van der Waals surface area contributed by atoms with Crippen molar-refractivity contribution in [2.24, 2.45) is 5.92 Å². The molecule has 1 aliphatic heterocycles. The molecule has 2 aliphatic rings. The molecule has 1 aromatic carbocycles. The molecule has 5 rings (SSSR count). The quantitative estimate of drug-likeness (QED) is 0.597. The average Bonchev–Trinajstić information content (AvgIpc) is 3.45. The third-order valence-electron chi connectivity index (χ3n) is 6.67. The van der Waals surface area contributed by atoms with E-state index in [9.17, 15) is 9.90 Å². The normalized spacial score (nSPS) is 25.1. The number of carboxylic acid groups (broad SMARTS) is 1. The molecular weight excluding hydrogens is 414 g/mol. The van der Waals surface area contributed by atoms with Gasteiger partial charge in [-0.2, -0.15) is 0 Å². The number of benzene rings is 1. The Morgan fingerprint density at radius 1 is 1.32 bits per heavy atom. The number of nitrogens with zero attached hydrogens (tertiary/aromatic N) is 2. The molecule has 8 heteroatoms. The van der Waals surface area contributed by atoms with Gasteiger partial charge in [-0.05, 0) is 54.3 Å². The standard InChI is InChI=1S/C23H25N3O4S/c1-2-16-10-17(24-11-14-3-4-18-19(9-14)30-13-29-18)5-7-23(16,22(27)28)21-25-12-15-6-8-31-20(15)26-21/h3-4,6,8-9,12,16-17,24H,2,5,7,10-11,13H2,1H3,(H,27,28). The van der Waals surface area contributed by atoms with Crippen LogP contribution in [-0.4, -0.2) is 33.9 Å². The van der Waals surface area contributed by atoms with Gasteiger partial charge >= 0.3 is 5.97 Å².